The molecule has 0 spiro atoms. The molecule has 3 nitrogen and oxygen atoms in total. The predicted octanol–water partition coefficient (Wildman–Crippen LogP) is 0.914. The first-order chi connectivity index (χ1) is 8.68. The van der Waals surface area contributed by atoms with Gasteiger partial charge in [0.15, 0.2) is 0 Å². The van der Waals surface area contributed by atoms with E-state index in [1.807, 2.05) is 0 Å². The van der Waals surface area contributed by atoms with Gasteiger partial charge in [0.1, 0.15) is 6.04 Å². The van der Waals surface area contributed by atoms with Gasteiger partial charge in [-0.25, -0.2) is 0 Å². The van der Waals surface area contributed by atoms with Crippen LogP contribution in [0.25, 0.3) is 0 Å². The Morgan fingerprint density at radius 3 is 1.84 bits per heavy atom. The third kappa shape index (κ3) is 16.4. The van der Waals surface area contributed by atoms with Gasteiger partial charge in [0.2, 0.25) is 0 Å². The van der Waals surface area contributed by atoms with Crippen molar-refractivity contribution in [2.24, 2.45) is 5.73 Å². The molecule has 0 amide bonds. The number of rotatable bonds is 12. The van der Waals surface area contributed by atoms with Crippen LogP contribution in [0.3, 0.4) is 0 Å². The van der Waals surface area contributed by atoms with E-state index in [2.05, 4.69) is 6.92 Å². The minimum absolute atomic E-state index is 0. The van der Waals surface area contributed by atoms with E-state index in [1.165, 1.54) is 51.4 Å². The van der Waals surface area contributed by atoms with Crippen molar-refractivity contribution in [3.63, 3.8) is 0 Å². The number of ether oxygens (including phenoxy) is 1. The van der Waals surface area contributed by atoms with E-state index in [4.69, 9.17) is 10.5 Å². The van der Waals surface area contributed by atoms with Crippen molar-refractivity contribution in [1.82, 2.24) is 0 Å². The second-order valence-corrected chi connectivity index (χ2v) is 5.14. The van der Waals surface area contributed by atoms with Crippen molar-refractivity contribution in [2.45, 2.75) is 84.1 Å². The predicted molar refractivity (Wildman–Crippen MR) is 77.6 cm³/mol. The van der Waals surface area contributed by atoms with Crippen LogP contribution < -0.4 is 35.3 Å². The second-order valence-electron chi connectivity index (χ2n) is 5.14. The van der Waals surface area contributed by atoms with Gasteiger partial charge in [-0.05, 0) is 13.3 Å². The number of nitrogens with two attached hydrogens (primary N) is 1. The Morgan fingerprint density at radius 1 is 1.00 bits per heavy atom. The smallest absolute Gasteiger partial charge is 1.00 e. The van der Waals surface area contributed by atoms with Crippen molar-refractivity contribution < 1.29 is 40.5 Å². The van der Waals surface area contributed by atoms with Crippen LogP contribution in [0.2, 0.25) is 0 Å². The maximum Gasteiger partial charge on any atom is 1.00 e. The van der Waals surface area contributed by atoms with Gasteiger partial charge in [-0.2, -0.15) is 0 Å². The maximum absolute atomic E-state index is 11.1. The van der Waals surface area contributed by atoms with Crippen LogP contribution in [-0.2, 0) is 9.53 Å². The fourth-order valence-electron chi connectivity index (χ4n) is 1.89. The van der Waals surface area contributed by atoms with Crippen LogP contribution in [0.1, 0.15) is 79.5 Å². The van der Waals surface area contributed by atoms with Crippen molar-refractivity contribution in [3.05, 3.63) is 0 Å². The van der Waals surface area contributed by atoms with Gasteiger partial charge >= 0.3 is 35.5 Å². The number of esters is 1. The van der Waals surface area contributed by atoms with Crippen molar-refractivity contribution in [2.75, 3.05) is 6.61 Å². The van der Waals surface area contributed by atoms with Crippen LogP contribution in [0, 0.1) is 0 Å². The summed E-state index contributed by atoms with van der Waals surface area (Å²) in [5.41, 5.74) is 5.39. The Balaban J connectivity index is -0.00000144. The molecule has 0 aliphatic carbocycles. The molecule has 0 aromatic rings. The molecule has 0 aliphatic heterocycles. The molecule has 0 aromatic carbocycles. The molecule has 4 heteroatoms. The molecule has 0 radical (unpaired) electrons. The third-order valence-corrected chi connectivity index (χ3v) is 3.11. The average molecular weight is 281 g/mol. The molecule has 0 fully saturated rings. The van der Waals surface area contributed by atoms with Gasteiger partial charge in [0.25, 0.3) is 0 Å². The minimum atomic E-state index is -0.492. The summed E-state index contributed by atoms with van der Waals surface area (Å²) < 4.78 is 5.01. The molecule has 0 rings (SSSR count). The molecule has 0 aromatic heterocycles. The maximum atomic E-state index is 11.1. The summed E-state index contributed by atoms with van der Waals surface area (Å²) in [6, 6.07) is -0.492. The quantitative estimate of drug-likeness (QED) is 0.329. The van der Waals surface area contributed by atoms with Crippen molar-refractivity contribution in [1.29, 1.82) is 0 Å². The number of hydrogen-bond acceptors (Lipinski definition) is 3. The fourth-order valence-corrected chi connectivity index (χ4v) is 1.89. The molecule has 0 heterocycles. The molecular weight excluding hydrogens is 249 g/mol. The Kier molecular flexibility index (Phi) is 18.8. The summed E-state index contributed by atoms with van der Waals surface area (Å²) in [4.78, 5) is 11.1. The summed E-state index contributed by atoms with van der Waals surface area (Å²) >= 11 is 0. The second kappa shape index (κ2) is 16.5. The average Bonchev–Trinajstić information content (AvgIpc) is 2.35. The first-order valence-corrected chi connectivity index (χ1v) is 7.60. The van der Waals surface area contributed by atoms with E-state index in [1.54, 1.807) is 6.92 Å². The normalized spacial score (nSPS) is 11.7. The molecule has 110 valence electrons. The van der Waals surface area contributed by atoms with Crippen molar-refractivity contribution >= 4 is 5.97 Å². The van der Waals surface area contributed by atoms with E-state index >= 15 is 0 Å². The molecular formula is C15H32NNaO2. The van der Waals surface area contributed by atoms with E-state index in [9.17, 15) is 4.79 Å². The summed E-state index contributed by atoms with van der Waals surface area (Å²) in [5, 5.41) is 0. The first kappa shape index (κ1) is 21.7. The van der Waals surface area contributed by atoms with Gasteiger partial charge in [0, 0.05) is 0 Å². The molecule has 0 aliphatic rings. The van der Waals surface area contributed by atoms with Crippen LogP contribution >= 0.6 is 0 Å². The summed E-state index contributed by atoms with van der Waals surface area (Å²) in [6.45, 7) is 4.43. The standard InChI is InChI=1S/C15H31NO2.Na.H/c1-3-4-5-6-7-8-9-10-11-12-13-18-15(17)14(2)16;;/h14H,3-13,16H2,1-2H3;;/q;+1;-1/t14-;;/m0../s1. The van der Waals surface area contributed by atoms with E-state index in [0.29, 0.717) is 6.61 Å². The van der Waals surface area contributed by atoms with Crippen molar-refractivity contribution in [3.8, 4) is 0 Å². The molecule has 0 unspecified atom stereocenters. The topological polar surface area (TPSA) is 52.3 Å². The van der Waals surface area contributed by atoms with Gasteiger partial charge in [0.05, 0.1) is 6.61 Å². The molecule has 0 saturated carbocycles. The SMILES string of the molecule is CCCCCCCCCCCCOC(=O)[C@H](C)N.[H-].[Na+]. The third-order valence-electron chi connectivity index (χ3n) is 3.11. The Labute approximate surface area is 142 Å². The largest absolute Gasteiger partial charge is 1.00 e. The Morgan fingerprint density at radius 2 is 1.42 bits per heavy atom. The minimum Gasteiger partial charge on any atom is -1.00 e. The van der Waals surface area contributed by atoms with Gasteiger partial charge in [-0.3, -0.25) is 4.79 Å². The summed E-state index contributed by atoms with van der Waals surface area (Å²) in [5.74, 6) is -0.286. The zero-order chi connectivity index (χ0) is 13.6. The molecule has 19 heavy (non-hydrogen) atoms. The van der Waals surface area contributed by atoms with E-state index in [0.717, 1.165) is 12.8 Å². The fraction of sp³-hybridized carbons (Fsp3) is 0.933. The van der Waals surface area contributed by atoms with E-state index < -0.39 is 6.04 Å². The van der Waals surface area contributed by atoms with Gasteiger partial charge in [-0.15, -0.1) is 0 Å². The van der Waals surface area contributed by atoms with Gasteiger partial charge < -0.3 is 11.9 Å². The molecule has 0 saturated heterocycles. The number of carbonyl (C=O) groups is 1. The zero-order valence-electron chi connectivity index (χ0n) is 14.2. The van der Waals surface area contributed by atoms with Crippen LogP contribution in [-0.4, -0.2) is 18.6 Å². The summed E-state index contributed by atoms with van der Waals surface area (Å²) in [7, 11) is 0. The Hall–Kier alpha value is 0.430. The van der Waals surface area contributed by atoms with Gasteiger partial charge in [-0.1, -0.05) is 64.7 Å². The van der Waals surface area contributed by atoms with Crippen LogP contribution in [0.5, 0.6) is 0 Å². The first-order valence-electron chi connectivity index (χ1n) is 7.60. The molecule has 2 N–H and O–H groups in total. The van der Waals surface area contributed by atoms with Crippen LogP contribution in [0.15, 0.2) is 0 Å². The zero-order valence-corrected chi connectivity index (χ0v) is 15.2. The molecule has 1 atom stereocenters. The monoisotopic (exact) mass is 281 g/mol. The molecule has 0 bridgehead atoms. The van der Waals surface area contributed by atoms with E-state index in [-0.39, 0.29) is 37.0 Å². The number of unbranched alkanes of at least 4 members (excludes halogenated alkanes) is 9. The summed E-state index contributed by atoms with van der Waals surface area (Å²) in [6.07, 6.45) is 12.9. The number of carbonyl (C=O) groups excluding carboxylic acids is 1. The number of hydrogen-bond donors (Lipinski definition) is 1. The van der Waals surface area contributed by atoms with Crippen LogP contribution in [0.4, 0.5) is 0 Å². The Bertz CT molecular complexity index is 204.